The molecule has 0 aliphatic rings. The van der Waals surface area contributed by atoms with E-state index in [0.29, 0.717) is 0 Å². The summed E-state index contributed by atoms with van der Waals surface area (Å²) in [5.41, 5.74) is 0. The van der Waals surface area contributed by atoms with E-state index in [4.69, 9.17) is 8.42 Å². The van der Waals surface area contributed by atoms with Crippen molar-refractivity contribution < 1.29 is 8.42 Å². The van der Waals surface area contributed by atoms with Crippen LogP contribution in [-0.2, 0) is 10.5 Å². The molecule has 0 heterocycles. The molecule has 0 saturated heterocycles. The highest BCUT2D eigenvalue weighted by atomic mass is 32.2. The lowest BCUT2D eigenvalue weighted by molar-refractivity contribution is 0.620. The van der Waals surface area contributed by atoms with Crippen molar-refractivity contribution in [3.8, 4) is 0 Å². The van der Waals surface area contributed by atoms with E-state index in [-0.39, 0.29) is 0 Å². The smallest absolute Gasteiger partial charge is 0.212 e. The van der Waals surface area contributed by atoms with E-state index < -0.39 is 10.5 Å². The largest absolute Gasteiger partial charge is 0.327 e. The third-order valence-corrected chi connectivity index (χ3v) is 1.92. The molecule has 0 aromatic heterocycles. The second-order valence-electron chi connectivity index (χ2n) is 2.67. The first-order valence-corrected chi connectivity index (χ1v) is 5.21. The molecule has 0 fully saturated rings. The van der Waals surface area contributed by atoms with Crippen LogP contribution >= 0.6 is 0 Å². The summed E-state index contributed by atoms with van der Waals surface area (Å²) in [6.45, 7) is 0. The number of benzene rings is 2. The van der Waals surface area contributed by atoms with Crippen molar-refractivity contribution in [3.05, 3.63) is 48.5 Å². The number of rotatable bonds is 0. The summed E-state index contributed by atoms with van der Waals surface area (Å²) in [7, 11) is -2.42. The Balaban J connectivity index is 0.000000195. The zero-order valence-corrected chi connectivity index (χ0v) is 8.68. The first-order chi connectivity index (χ1) is 7.24. The van der Waals surface area contributed by atoms with E-state index in [1.54, 1.807) is 0 Å². The Morgan fingerprint density at radius 2 is 1.13 bits per heavy atom. The lowest BCUT2D eigenvalue weighted by atomic mass is 10.1. The predicted octanol–water partition coefficient (Wildman–Crippen LogP) is 1.76. The zero-order chi connectivity index (χ0) is 11.1. The maximum atomic E-state index is 9.08. The highest BCUT2D eigenvalue weighted by Crippen LogP contribution is 2.11. The predicted molar refractivity (Wildman–Crippen MR) is 59.5 cm³/mol. The van der Waals surface area contributed by atoms with Gasteiger partial charge in [0.2, 0.25) is 0 Å². The average molecular weight is 222 g/mol. The Kier molecular flexibility index (Phi) is 4.46. The minimum atomic E-state index is -2.42. The number of fused-ring (bicyclic) bond motifs is 1. The van der Waals surface area contributed by atoms with Gasteiger partial charge in [0.25, 0.3) is 0 Å². The number of hydrogen-bond donors (Lipinski definition) is 1. The quantitative estimate of drug-likeness (QED) is 0.545. The van der Waals surface area contributed by atoms with Crippen molar-refractivity contribution in [1.29, 1.82) is 0 Å². The second kappa shape index (κ2) is 5.90. The van der Waals surface area contributed by atoms with Crippen LogP contribution < -0.4 is 5.84 Å². The summed E-state index contributed by atoms with van der Waals surface area (Å²) in [6.07, 6.45) is 0. The molecule has 0 saturated carbocycles. The van der Waals surface area contributed by atoms with Crippen LogP contribution in [0, 0.1) is 0 Å². The highest BCUT2D eigenvalue weighted by Gasteiger charge is 1.85. The van der Waals surface area contributed by atoms with E-state index in [2.05, 4.69) is 58.8 Å². The lowest BCUT2D eigenvalue weighted by Gasteiger charge is -1.92. The summed E-state index contributed by atoms with van der Waals surface area (Å²) in [6, 6.07) is 16.7. The zero-order valence-electron chi connectivity index (χ0n) is 7.87. The molecule has 0 radical (unpaired) electrons. The Hall–Kier alpha value is -1.72. The number of nitrogens with two attached hydrogens (primary N) is 1. The molecule has 2 N–H and O–H groups in total. The SMILES string of the molecule is NN=S(=O)=O.c1ccc2ccccc2c1. The number of hydrogen-bond acceptors (Lipinski definition) is 3. The van der Waals surface area contributed by atoms with Gasteiger partial charge in [0.05, 0.1) is 0 Å². The van der Waals surface area contributed by atoms with Crippen molar-refractivity contribution in [2.45, 2.75) is 0 Å². The van der Waals surface area contributed by atoms with Gasteiger partial charge in [0.1, 0.15) is 0 Å². The summed E-state index contributed by atoms with van der Waals surface area (Å²) in [5.74, 6) is 4.18. The average Bonchev–Trinajstić information content (AvgIpc) is 2.30. The molecule has 0 bridgehead atoms. The minimum Gasteiger partial charge on any atom is -0.212 e. The molecular formula is C10H10N2O2S. The van der Waals surface area contributed by atoms with E-state index in [1.807, 2.05) is 0 Å². The fourth-order valence-corrected chi connectivity index (χ4v) is 1.13. The van der Waals surface area contributed by atoms with Crippen molar-refractivity contribution in [1.82, 2.24) is 0 Å². The van der Waals surface area contributed by atoms with Crippen LogP contribution in [0.4, 0.5) is 0 Å². The standard InChI is InChI=1S/C10H8.H2N2O2S/c1-2-6-10-8-4-3-7-9(10)5-1;1-2-5(3)4/h1-8H;1H2. The normalized spacial score (nSPS) is 8.87. The summed E-state index contributed by atoms with van der Waals surface area (Å²) >= 11 is 0. The molecule has 2 aromatic rings. The van der Waals surface area contributed by atoms with Gasteiger partial charge in [-0.05, 0) is 10.8 Å². The Bertz CT molecular complexity index is 491. The third kappa shape index (κ3) is 3.88. The van der Waals surface area contributed by atoms with Gasteiger partial charge in [-0.15, -0.1) is 0 Å². The third-order valence-electron chi connectivity index (χ3n) is 1.74. The van der Waals surface area contributed by atoms with Crippen molar-refractivity contribution in [2.75, 3.05) is 0 Å². The van der Waals surface area contributed by atoms with E-state index in [0.717, 1.165) is 0 Å². The summed E-state index contributed by atoms with van der Waals surface area (Å²) < 4.78 is 20.5. The topological polar surface area (TPSA) is 72.5 Å². The van der Waals surface area contributed by atoms with Gasteiger partial charge in [-0.2, -0.15) is 8.42 Å². The van der Waals surface area contributed by atoms with Gasteiger partial charge in [-0.25, -0.2) is 5.84 Å². The molecule has 2 aromatic carbocycles. The fourth-order valence-electron chi connectivity index (χ4n) is 1.13. The maximum absolute atomic E-state index is 9.08. The Morgan fingerprint density at radius 3 is 1.33 bits per heavy atom. The molecule has 0 atom stereocenters. The van der Waals surface area contributed by atoms with E-state index >= 15 is 0 Å². The molecule has 0 amide bonds. The fraction of sp³-hybridized carbons (Fsp3) is 0. The molecular weight excluding hydrogens is 212 g/mol. The van der Waals surface area contributed by atoms with Crippen LogP contribution in [0.1, 0.15) is 0 Å². The van der Waals surface area contributed by atoms with Crippen LogP contribution in [0.3, 0.4) is 0 Å². The second-order valence-corrected chi connectivity index (χ2v) is 3.31. The Labute approximate surface area is 89.0 Å². The molecule has 0 spiro atoms. The van der Waals surface area contributed by atoms with E-state index in [1.165, 1.54) is 10.8 Å². The molecule has 2 rings (SSSR count). The molecule has 0 aliphatic heterocycles. The summed E-state index contributed by atoms with van der Waals surface area (Å²) in [5, 5.41) is 2.62. The molecule has 0 unspecified atom stereocenters. The van der Waals surface area contributed by atoms with Gasteiger partial charge in [0.15, 0.2) is 0 Å². The van der Waals surface area contributed by atoms with Crippen molar-refractivity contribution in [3.63, 3.8) is 0 Å². The molecule has 4 nitrogen and oxygen atoms in total. The van der Waals surface area contributed by atoms with Crippen LogP contribution in [0.25, 0.3) is 10.8 Å². The van der Waals surface area contributed by atoms with Crippen LogP contribution in [0.15, 0.2) is 53.0 Å². The van der Waals surface area contributed by atoms with Crippen LogP contribution in [-0.4, -0.2) is 8.42 Å². The molecule has 78 valence electrons. The maximum Gasteiger partial charge on any atom is 0.327 e. The van der Waals surface area contributed by atoms with E-state index in [9.17, 15) is 0 Å². The van der Waals surface area contributed by atoms with Crippen LogP contribution in [0.5, 0.6) is 0 Å². The lowest BCUT2D eigenvalue weighted by Crippen LogP contribution is -1.73. The number of nitrogens with zero attached hydrogens (tertiary/aromatic N) is 1. The molecule has 15 heavy (non-hydrogen) atoms. The van der Waals surface area contributed by atoms with Crippen molar-refractivity contribution >= 4 is 21.3 Å². The first-order valence-electron chi connectivity index (χ1n) is 4.18. The van der Waals surface area contributed by atoms with Gasteiger partial charge in [0, 0.05) is 0 Å². The highest BCUT2D eigenvalue weighted by molar-refractivity contribution is 7.61. The first kappa shape index (κ1) is 11.4. The van der Waals surface area contributed by atoms with Gasteiger partial charge in [-0.1, -0.05) is 53.0 Å². The minimum absolute atomic E-state index is 1.31. The van der Waals surface area contributed by atoms with Gasteiger partial charge >= 0.3 is 10.5 Å². The Morgan fingerprint density at radius 1 is 0.867 bits per heavy atom. The van der Waals surface area contributed by atoms with Gasteiger partial charge < -0.3 is 0 Å². The van der Waals surface area contributed by atoms with Crippen LogP contribution in [0.2, 0.25) is 0 Å². The van der Waals surface area contributed by atoms with Crippen molar-refractivity contribution in [2.24, 2.45) is 10.3 Å². The van der Waals surface area contributed by atoms with Gasteiger partial charge in [-0.3, -0.25) is 0 Å². The molecule has 5 heteroatoms. The monoisotopic (exact) mass is 222 g/mol. The molecule has 0 aliphatic carbocycles. The summed E-state index contributed by atoms with van der Waals surface area (Å²) in [4.78, 5) is 0.